The smallest absolute Gasteiger partial charge is 0.126 e. The monoisotopic (exact) mass is 297 g/mol. The molecule has 0 amide bonds. The van der Waals surface area contributed by atoms with Crippen LogP contribution in [0, 0.1) is 0 Å². The van der Waals surface area contributed by atoms with Crippen molar-refractivity contribution in [3.8, 4) is 0 Å². The van der Waals surface area contributed by atoms with Gasteiger partial charge in [0.2, 0.25) is 0 Å². The van der Waals surface area contributed by atoms with Crippen LogP contribution in [-0.2, 0) is 6.54 Å². The van der Waals surface area contributed by atoms with E-state index in [0.717, 1.165) is 22.4 Å². The first kappa shape index (κ1) is 14.1. The molecule has 0 spiro atoms. The van der Waals surface area contributed by atoms with E-state index in [2.05, 4.69) is 10.3 Å². The number of halogens is 1. The van der Waals surface area contributed by atoms with Crippen LogP contribution in [0.4, 0.5) is 11.5 Å². The van der Waals surface area contributed by atoms with Crippen molar-refractivity contribution in [1.29, 1.82) is 0 Å². The Kier molecular flexibility index (Phi) is 5.01. The Bertz CT molecular complexity index is 515. The first-order valence-electron chi connectivity index (χ1n) is 5.95. The highest BCUT2D eigenvalue weighted by molar-refractivity contribution is 7.16. The van der Waals surface area contributed by atoms with Crippen LogP contribution in [0.2, 0.25) is 4.34 Å². The minimum absolute atomic E-state index is 0.135. The number of aromatic nitrogens is 1. The van der Waals surface area contributed by atoms with Gasteiger partial charge in [0.15, 0.2) is 0 Å². The maximum Gasteiger partial charge on any atom is 0.126 e. The van der Waals surface area contributed by atoms with Crippen molar-refractivity contribution < 1.29 is 5.11 Å². The number of hydrogen-bond acceptors (Lipinski definition) is 5. The van der Waals surface area contributed by atoms with Gasteiger partial charge in [-0.3, -0.25) is 0 Å². The summed E-state index contributed by atoms with van der Waals surface area (Å²) in [6.45, 7) is 1.45. The van der Waals surface area contributed by atoms with Crippen molar-refractivity contribution in [2.75, 3.05) is 30.4 Å². The van der Waals surface area contributed by atoms with E-state index in [1.165, 1.54) is 4.88 Å². The van der Waals surface area contributed by atoms with Crippen molar-refractivity contribution in [3.63, 3.8) is 0 Å². The molecule has 2 rings (SSSR count). The number of anilines is 2. The summed E-state index contributed by atoms with van der Waals surface area (Å²) in [6, 6.07) is 7.80. The zero-order valence-corrected chi connectivity index (χ0v) is 12.2. The molecule has 0 unspecified atom stereocenters. The van der Waals surface area contributed by atoms with E-state index < -0.39 is 0 Å². The van der Waals surface area contributed by atoms with Gasteiger partial charge in [-0.25, -0.2) is 4.98 Å². The highest BCUT2D eigenvalue weighted by Crippen LogP contribution is 2.22. The molecule has 0 fully saturated rings. The molecule has 2 aromatic heterocycles. The van der Waals surface area contributed by atoms with Crippen LogP contribution >= 0.6 is 22.9 Å². The second-order valence-electron chi connectivity index (χ2n) is 4.11. The second kappa shape index (κ2) is 6.75. The maximum absolute atomic E-state index is 8.88. The Morgan fingerprint density at radius 2 is 2.21 bits per heavy atom. The molecule has 6 heteroatoms. The van der Waals surface area contributed by atoms with Gasteiger partial charge in [0.05, 0.1) is 29.4 Å². The van der Waals surface area contributed by atoms with Gasteiger partial charge in [0.25, 0.3) is 0 Å². The van der Waals surface area contributed by atoms with Gasteiger partial charge in [-0.15, -0.1) is 11.3 Å². The van der Waals surface area contributed by atoms with Crippen LogP contribution in [-0.4, -0.2) is 30.3 Å². The van der Waals surface area contributed by atoms with E-state index in [0.29, 0.717) is 6.54 Å². The molecule has 2 heterocycles. The van der Waals surface area contributed by atoms with Crippen molar-refractivity contribution >= 4 is 34.4 Å². The number of pyridine rings is 1. The average molecular weight is 298 g/mol. The Hall–Kier alpha value is -1.30. The number of aliphatic hydroxyl groups excluding tert-OH is 1. The molecule has 0 aliphatic rings. The zero-order valence-electron chi connectivity index (χ0n) is 10.6. The summed E-state index contributed by atoms with van der Waals surface area (Å²) in [4.78, 5) is 7.47. The fourth-order valence-electron chi connectivity index (χ4n) is 1.62. The molecule has 0 atom stereocenters. The van der Waals surface area contributed by atoms with Gasteiger partial charge >= 0.3 is 0 Å². The van der Waals surface area contributed by atoms with E-state index in [4.69, 9.17) is 16.7 Å². The molecular weight excluding hydrogens is 282 g/mol. The fraction of sp³-hybridized carbons (Fsp3) is 0.308. The van der Waals surface area contributed by atoms with Crippen LogP contribution in [0.25, 0.3) is 0 Å². The van der Waals surface area contributed by atoms with E-state index >= 15 is 0 Å². The Balaban J connectivity index is 1.91. The molecular formula is C13H16ClN3OS. The van der Waals surface area contributed by atoms with Crippen molar-refractivity contribution in [2.45, 2.75) is 6.54 Å². The molecule has 2 aromatic rings. The van der Waals surface area contributed by atoms with Crippen LogP contribution in [0.1, 0.15) is 4.88 Å². The number of hydrogen-bond donors (Lipinski definition) is 2. The Labute approximate surface area is 121 Å². The molecule has 0 aromatic carbocycles. The molecule has 0 radical (unpaired) electrons. The van der Waals surface area contributed by atoms with Crippen molar-refractivity contribution in [1.82, 2.24) is 4.98 Å². The lowest BCUT2D eigenvalue weighted by Gasteiger charge is -2.17. The minimum Gasteiger partial charge on any atom is -0.395 e. The Morgan fingerprint density at radius 1 is 1.37 bits per heavy atom. The first-order valence-corrected chi connectivity index (χ1v) is 7.14. The van der Waals surface area contributed by atoms with Gasteiger partial charge in [0, 0.05) is 18.5 Å². The lowest BCUT2D eigenvalue weighted by atomic mass is 10.3. The number of likely N-dealkylation sites (N-methyl/N-ethyl adjacent to an activating group) is 1. The van der Waals surface area contributed by atoms with Crippen molar-refractivity contribution in [3.05, 3.63) is 39.7 Å². The quantitative estimate of drug-likeness (QED) is 0.861. The lowest BCUT2D eigenvalue weighted by molar-refractivity contribution is 0.304. The molecule has 0 saturated heterocycles. The lowest BCUT2D eigenvalue weighted by Crippen LogP contribution is -2.21. The normalized spacial score (nSPS) is 10.5. The maximum atomic E-state index is 8.88. The molecule has 0 aliphatic carbocycles. The summed E-state index contributed by atoms with van der Waals surface area (Å²) in [5.74, 6) is 0.825. The molecule has 0 saturated carbocycles. The Morgan fingerprint density at radius 3 is 2.79 bits per heavy atom. The van der Waals surface area contributed by atoms with Crippen LogP contribution < -0.4 is 10.2 Å². The molecule has 102 valence electrons. The van der Waals surface area contributed by atoms with E-state index in [-0.39, 0.29) is 6.61 Å². The van der Waals surface area contributed by atoms with Crippen LogP contribution in [0.5, 0.6) is 0 Å². The van der Waals surface area contributed by atoms with E-state index in [1.54, 1.807) is 17.5 Å². The van der Waals surface area contributed by atoms with Gasteiger partial charge in [-0.1, -0.05) is 11.6 Å². The third-order valence-electron chi connectivity index (χ3n) is 2.70. The highest BCUT2D eigenvalue weighted by Gasteiger charge is 2.02. The number of thiophene rings is 1. The molecule has 2 N–H and O–H groups in total. The molecule has 19 heavy (non-hydrogen) atoms. The summed E-state index contributed by atoms with van der Waals surface area (Å²) in [5, 5.41) is 12.1. The molecule has 4 nitrogen and oxygen atoms in total. The minimum atomic E-state index is 0.135. The molecule has 0 bridgehead atoms. The topological polar surface area (TPSA) is 48.4 Å². The van der Waals surface area contributed by atoms with Gasteiger partial charge in [-0.05, 0) is 24.3 Å². The van der Waals surface area contributed by atoms with Gasteiger partial charge in [-0.2, -0.15) is 0 Å². The summed E-state index contributed by atoms with van der Waals surface area (Å²) in [5.41, 5.74) is 0.985. The second-order valence-corrected chi connectivity index (χ2v) is 5.91. The predicted octanol–water partition coefficient (Wildman–Crippen LogP) is 2.84. The fourth-order valence-corrected chi connectivity index (χ4v) is 2.65. The summed E-state index contributed by atoms with van der Waals surface area (Å²) >= 11 is 7.44. The van der Waals surface area contributed by atoms with Crippen LogP contribution in [0.15, 0.2) is 30.5 Å². The highest BCUT2D eigenvalue weighted by atomic mass is 35.5. The number of aliphatic hydroxyl groups is 1. The third kappa shape index (κ3) is 4.09. The third-order valence-corrected chi connectivity index (χ3v) is 3.93. The number of nitrogens with zero attached hydrogens (tertiary/aromatic N) is 2. The van der Waals surface area contributed by atoms with Crippen molar-refractivity contribution in [2.24, 2.45) is 0 Å². The van der Waals surface area contributed by atoms with E-state index in [9.17, 15) is 0 Å². The summed E-state index contributed by atoms with van der Waals surface area (Å²) < 4.78 is 0.797. The van der Waals surface area contributed by atoms with Gasteiger partial charge < -0.3 is 15.3 Å². The van der Waals surface area contributed by atoms with E-state index in [1.807, 2.05) is 36.2 Å². The number of nitrogens with one attached hydrogen (secondary N) is 1. The first-order chi connectivity index (χ1) is 9.19. The zero-order chi connectivity index (χ0) is 13.7. The van der Waals surface area contributed by atoms with Gasteiger partial charge in [0.1, 0.15) is 5.82 Å². The predicted molar refractivity (Wildman–Crippen MR) is 81.2 cm³/mol. The SMILES string of the molecule is CN(CCO)c1ccc(NCc2ccc(Cl)s2)nc1. The average Bonchev–Trinajstić information content (AvgIpc) is 2.83. The van der Waals surface area contributed by atoms with Crippen LogP contribution in [0.3, 0.4) is 0 Å². The summed E-state index contributed by atoms with van der Waals surface area (Å²) in [7, 11) is 1.92. The molecule has 0 aliphatic heterocycles. The summed E-state index contributed by atoms with van der Waals surface area (Å²) in [6.07, 6.45) is 1.79. The number of rotatable bonds is 6. The standard InChI is InChI=1S/C13H16ClN3OS/c1-17(6-7-18)10-2-5-13(15-8-10)16-9-11-3-4-12(14)19-11/h2-5,8,18H,6-7,9H2,1H3,(H,15,16). The largest absolute Gasteiger partial charge is 0.395 e.